The molecule has 2 aromatic rings. The number of halogens is 1. The summed E-state index contributed by atoms with van der Waals surface area (Å²) in [6.45, 7) is 0.728. The second-order valence-corrected chi connectivity index (χ2v) is 6.32. The number of hydrogen-bond donors (Lipinski definition) is 2. The Bertz CT molecular complexity index is 632. The zero-order chi connectivity index (χ0) is 14.7. The van der Waals surface area contributed by atoms with Crippen LogP contribution in [0.3, 0.4) is 0 Å². The molecule has 0 saturated heterocycles. The van der Waals surface area contributed by atoms with Gasteiger partial charge in [-0.1, -0.05) is 24.3 Å². The molecule has 21 heavy (non-hydrogen) atoms. The van der Waals surface area contributed by atoms with E-state index in [2.05, 4.69) is 5.32 Å². The van der Waals surface area contributed by atoms with Crippen molar-refractivity contribution in [2.24, 2.45) is 0 Å². The van der Waals surface area contributed by atoms with Crippen molar-refractivity contribution in [2.45, 2.75) is 30.5 Å². The average molecular weight is 303 g/mol. The molecular weight excluding hydrogens is 285 g/mol. The van der Waals surface area contributed by atoms with Crippen molar-refractivity contribution in [3.05, 3.63) is 65.0 Å². The first kappa shape index (κ1) is 14.6. The van der Waals surface area contributed by atoms with Gasteiger partial charge in [0.15, 0.2) is 0 Å². The molecule has 110 valence electrons. The molecule has 1 heterocycles. The van der Waals surface area contributed by atoms with Gasteiger partial charge in [0.2, 0.25) is 0 Å². The standard InChI is InChI=1S/C17H18FNOS/c18-14-5-6-17-15(9-14)16(7-8-21-17)19-10-12-3-1-2-4-13(12)11-20/h1-6,9,16,19-20H,7-8,10-11H2. The zero-order valence-corrected chi connectivity index (χ0v) is 12.5. The molecule has 0 saturated carbocycles. The summed E-state index contributed by atoms with van der Waals surface area (Å²) < 4.78 is 13.5. The molecule has 2 aromatic carbocycles. The first-order chi connectivity index (χ1) is 10.3. The quantitative estimate of drug-likeness (QED) is 0.904. The van der Waals surface area contributed by atoms with Crippen LogP contribution in [-0.2, 0) is 13.2 Å². The van der Waals surface area contributed by atoms with Crippen LogP contribution in [0.2, 0.25) is 0 Å². The monoisotopic (exact) mass is 303 g/mol. The van der Waals surface area contributed by atoms with Crippen LogP contribution in [-0.4, -0.2) is 10.9 Å². The second kappa shape index (κ2) is 6.60. The lowest BCUT2D eigenvalue weighted by atomic mass is 10.0. The molecule has 0 spiro atoms. The van der Waals surface area contributed by atoms with E-state index in [0.717, 1.165) is 33.8 Å². The number of aliphatic hydroxyl groups is 1. The van der Waals surface area contributed by atoms with Gasteiger partial charge in [-0.05, 0) is 47.1 Å². The van der Waals surface area contributed by atoms with E-state index < -0.39 is 0 Å². The minimum Gasteiger partial charge on any atom is -0.392 e. The van der Waals surface area contributed by atoms with E-state index in [1.807, 2.05) is 30.3 Å². The minimum atomic E-state index is -0.182. The van der Waals surface area contributed by atoms with E-state index in [1.54, 1.807) is 17.8 Å². The third-order valence-electron chi connectivity index (χ3n) is 3.84. The van der Waals surface area contributed by atoms with Crippen molar-refractivity contribution in [1.29, 1.82) is 0 Å². The maximum absolute atomic E-state index is 13.5. The van der Waals surface area contributed by atoms with E-state index in [-0.39, 0.29) is 18.5 Å². The lowest BCUT2D eigenvalue weighted by molar-refractivity contribution is 0.280. The maximum atomic E-state index is 13.5. The molecule has 1 atom stereocenters. The Morgan fingerprint density at radius 3 is 2.81 bits per heavy atom. The van der Waals surface area contributed by atoms with Gasteiger partial charge >= 0.3 is 0 Å². The Kier molecular flexibility index (Phi) is 4.58. The van der Waals surface area contributed by atoms with Gasteiger partial charge in [-0.2, -0.15) is 0 Å². The van der Waals surface area contributed by atoms with Crippen molar-refractivity contribution >= 4 is 11.8 Å². The van der Waals surface area contributed by atoms with Crippen molar-refractivity contribution < 1.29 is 9.50 Å². The van der Waals surface area contributed by atoms with Gasteiger partial charge in [0.1, 0.15) is 5.82 Å². The number of aliphatic hydroxyl groups excluding tert-OH is 1. The fourth-order valence-electron chi connectivity index (χ4n) is 2.69. The van der Waals surface area contributed by atoms with Gasteiger partial charge in [0, 0.05) is 17.5 Å². The van der Waals surface area contributed by atoms with Gasteiger partial charge in [-0.15, -0.1) is 11.8 Å². The fraction of sp³-hybridized carbons (Fsp3) is 0.294. The molecule has 1 aliphatic heterocycles. The van der Waals surface area contributed by atoms with Gasteiger partial charge in [0.05, 0.1) is 6.61 Å². The van der Waals surface area contributed by atoms with E-state index in [0.29, 0.717) is 6.54 Å². The first-order valence-corrected chi connectivity index (χ1v) is 8.10. The molecule has 1 aliphatic rings. The largest absolute Gasteiger partial charge is 0.392 e. The summed E-state index contributed by atoms with van der Waals surface area (Å²) in [5, 5.41) is 12.9. The number of hydrogen-bond acceptors (Lipinski definition) is 3. The molecule has 0 aliphatic carbocycles. The number of nitrogens with one attached hydrogen (secondary N) is 1. The van der Waals surface area contributed by atoms with Gasteiger partial charge in [-0.25, -0.2) is 4.39 Å². The van der Waals surface area contributed by atoms with E-state index >= 15 is 0 Å². The van der Waals surface area contributed by atoms with E-state index in [1.165, 1.54) is 6.07 Å². The lowest BCUT2D eigenvalue weighted by Crippen LogP contribution is -2.24. The third kappa shape index (κ3) is 3.28. The lowest BCUT2D eigenvalue weighted by Gasteiger charge is -2.26. The first-order valence-electron chi connectivity index (χ1n) is 7.11. The van der Waals surface area contributed by atoms with Crippen LogP contribution < -0.4 is 5.32 Å². The van der Waals surface area contributed by atoms with Crippen molar-refractivity contribution in [3.63, 3.8) is 0 Å². The third-order valence-corrected chi connectivity index (χ3v) is 4.96. The molecular formula is C17H18FNOS. The number of benzene rings is 2. The Hall–Kier alpha value is -1.36. The van der Waals surface area contributed by atoms with Crippen molar-refractivity contribution in [1.82, 2.24) is 5.32 Å². The molecule has 2 nitrogen and oxygen atoms in total. The second-order valence-electron chi connectivity index (χ2n) is 5.18. The molecule has 0 aromatic heterocycles. The molecule has 0 fully saturated rings. The highest BCUT2D eigenvalue weighted by molar-refractivity contribution is 7.99. The predicted molar refractivity (Wildman–Crippen MR) is 83.7 cm³/mol. The van der Waals surface area contributed by atoms with Crippen molar-refractivity contribution in [2.75, 3.05) is 5.75 Å². The molecule has 4 heteroatoms. The highest BCUT2D eigenvalue weighted by atomic mass is 32.2. The highest BCUT2D eigenvalue weighted by Gasteiger charge is 2.21. The Labute approximate surface area is 128 Å². The van der Waals surface area contributed by atoms with Gasteiger partial charge in [0.25, 0.3) is 0 Å². The maximum Gasteiger partial charge on any atom is 0.123 e. The minimum absolute atomic E-state index is 0.0452. The van der Waals surface area contributed by atoms with Crippen molar-refractivity contribution in [3.8, 4) is 0 Å². The topological polar surface area (TPSA) is 32.3 Å². The van der Waals surface area contributed by atoms with Crippen LogP contribution in [0.4, 0.5) is 4.39 Å². The summed E-state index contributed by atoms with van der Waals surface area (Å²) in [6, 6.07) is 13.0. The summed E-state index contributed by atoms with van der Waals surface area (Å²) in [6.07, 6.45) is 0.989. The van der Waals surface area contributed by atoms with E-state index in [4.69, 9.17) is 0 Å². The van der Waals surface area contributed by atoms with Gasteiger partial charge in [-0.3, -0.25) is 0 Å². The molecule has 3 rings (SSSR count). The van der Waals surface area contributed by atoms with Crippen LogP contribution in [0.1, 0.15) is 29.2 Å². The fourth-order valence-corrected chi connectivity index (χ4v) is 3.80. The van der Waals surface area contributed by atoms with Crippen LogP contribution in [0, 0.1) is 5.82 Å². The normalized spacial score (nSPS) is 17.5. The Morgan fingerprint density at radius 1 is 1.19 bits per heavy atom. The zero-order valence-electron chi connectivity index (χ0n) is 11.7. The number of rotatable bonds is 4. The Morgan fingerprint density at radius 2 is 2.00 bits per heavy atom. The molecule has 2 N–H and O–H groups in total. The summed E-state index contributed by atoms with van der Waals surface area (Å²) >= 11 is 1.78. The van der Waals surface area contributed by atoms with Crippen LogP contribution in [0.25, 0.3) is 0 Å². The summed E-state index contributed by atoms with van der Waals surface area (Å²) in [4.78, 5) is 1.16. The molecule has 0 amide bonds. The molecule has 0 radical (unpaired) electrons. The SMILES string of the molecule is OCc1ccccc1CNC1CCSc2ccc(F)cc21. The Balaban J connectivity index is 1.76. The van der Waals surface area contributed by atoms with Crippen LogP contribution in [0.15, 0.2) is 47.4 Å². The smallest absolute Gasteiger partial charge is 0.123 e. The van der Waals surface area contributed by atoms with Crippen LogP contribution in [0.5, 0.6) is 0 Å². The van der Waals surface area contributed by atoms with Crippen LogP contribution >= 0.6 is 11.8 Å². The summed E-state index contributed by atoms with van der Waals surface area (Å²) in [7, 11) is 0. The molecule has 0 bridgehead atoms. The molecule has 1 unspecified atom stereocenters. The van der Waals surface area contributed by atoms with Gasteiger partial charge < -0.3 is 10.4 Å². The average Bonchev–Trinajstić information content (AvgIpc) is 2.53. The predicted octanol–water partition coefficient (Wildman–Crippen LogP) is 3.64. The highest BCUT2D eigenvalue weighted by Crippen LogP contribution is 2.36. The summed E-state index contributed by atoms with van der Waals surface area (Å²) in [5.41, 5.74) is 3.08. The number of fused-ring (bicyclic) bond motifs is 1. The van der Waals surface area contributed by atoms with E-state index in [9.17, 15) is 9.50 Å². The number of thioether (sulfide) groups is 1. The summed E-state index contributed by atoms with van der Waals surface area (Å²) in [5.74, 6) is 0.858.